The van der Waals surface area contributed by atoms with Crippen LogP contribution in [0.15, 0.2) is 104 Å². The van der Waals surface area contributed by atoms with Crippen LogP contribution in [0.25, 0.3) is 34.3 Å². The highest BCUT2D eigenvalue weighted by molar-refractivity contribution is 6.06. The zero-order chi connectivity index (χ0) is 36.7. The molecule has 18 nitrogen and oxygen atoms in total. The molecule has 6 aromatic heterocycles. The normalized spacial score (nSPS) is 10.7. The predicted molar refractivity (Wildman–Crippen MR) is 188 cm³/mol. The quantitative estimate of drug-likeness (QED) is 0.126. The van der Waals surface area contributed by atoms with E-state index in [2.05, 4.69) is 71.0 Å². The molecule has 5 N–H and O–H groups in total. The van der Waals surface area contributed by atoms with Gasteiger partial charge in [-0.15, -0.1) is 20.4 Å². The SMILES string of the molecule is COC(=O)c1cncc(C(=O)Nc2nnc(-c3ccc(-c4cccc(C(=O)Nc5ccc(C(=O)Nc6nnc(-c7ccccn7)[nH]6)cc5)n4)cn3)[nH]2)c1. The number of carbonyl (C=O) groups is 4. The van der Waals surface area contributed by atoms with Crippen LogP contribution in [0, 0.1) is 0 Å². The third kappa shape index (κ3) is 7.75. The highest BCUT2D eigenvalue weighted by atomic mass is 16.5. The van der Waals surface area contributed by atoms with E-state index < -0.39 is 23.7 Å². The number of H-pyrrole nitrogens is 2. The Balaban J connectivity index is 0.953. The minimum absolute atomic E-state index is 0.0552. The fraction of sp³-hybridized carbons (Fsp3) is 0.0286. The summed E-state index contributed by atoms with van der Waals surface area (Å²) < 4.78 is 4.67. The molecule has 18 heteroatoms. The van der Waals surface area contributed by atoms with Crippen molar-refractivity contribution in [3.63, 3.8) is 0 Å². The van der Waals surface area contributed by atoms with Crippen LogP contribution in [0.3, 0.4) is 0 Å². The Morgan fingerprint density at radius 1 is 0.604 bits per heavy atom. The van der Waals surface area contributed by atoms with Crippen molar-refractivity contribution in [2.45, 2.75) is 0 Å². The molecule has 0 bridgehead atoms. The van der Waals surface area contributed by atoms with E-state index in [9.17, 15) is 19.2 Å². The number of aromatic nitrogens is 10. The Morgan fingerprint density at radius 3 is 1.94 bits per heavy atom. The molecule has 0 atom stereocenters. The minimum Gasteiger partial charge on any atom is -0.465 e. The number of benzene rings is 1. The number of aromatic amines is 2. The monoisotopic (exact) mass is 707 g/mol. The lowest BCUT2D eigenvalue weighted by Gasteiger charge is -2.08. The lowest BCUT2D eigenvalue weighted by molar-refractivity contribution is 0.0600. The molecule has 260 valence electrons. The van der Waals surface area contributed by atoms with Crippen LogP contribution >= 0.6 is 0 Å². The maximum atomic E-state index is 13.1. The number of hydrogen-bond acceptors (Lipinski definition) is 13. The first-order chi connectivity index (χ1) is 25.8. The van der Waals surface area contributed by atoms with Gasteiger partial charge >= 0.3 is 5.97 Å². The first-order valence-corrected chi connectivity index (χ1v) is 15.6. The van der Waals surface area contributed by atoms with Crippen LogP contribution in [0.1, 0.15) is 41.6 Å². The number of nitrogens with zero attached hydrogens (tertiary/aromatic N) is 8. The van der Waals surface area contributed by atoms with Crippen molar-refractivity contribution in [2.24, 2.45) is 0 Å². The molecule has 7 aromatic rings. The average Bonchev–Trinajstić information content (AvgIpc) is 3.88. The summed E-state index contributed by atoms with van der Waals surface area (Å²) in [6, 6.07) is 21.5. The van der Waals surface area contributed by atoms with Gasteiger partial charge in [-0.05, 0) is 66.7 Å². The number of hydrogen-bond donors (Lipinski definition) is 5. The average molecular weight is 708 g/mol. The van der Waals surface area contributed by atoms with Crippen molar-refractivity contribution >= 4 is 41.3 Å². The molecule has 53 heavy (non-hydrogen) atoms. The summed E-state index contributed by atoms with van der Waals surface area (Å²) in [4.78, 5) is 73.1. The van der Waals surface area contributed by atoms with Crippen molar-refractivity contribution in [3.8, 4) is 34.3 Å². The highest BCUT2D eigenvalue weighted by Crippen LogP contribution is 2.21. The van der Waals surface area contributed by atoms with Gasteiger partial charge in [-0.25, -0.2) is 9.78 Å². The van der Waals surface area contributed by atoms with E-state index in [0.717, 1.165) is 0 Å². The Kier molecular flexibility index (Phi) is 9.38. The Labute approximate surface area is 298 Å². The van der Waals surface area contributed by atoms with Gasteiger partial charge in [0.15, 0.2) is 11.6 Å². The second-order valence-electron chi connectivity index (χ2n) is 11.0. The summed E-state index contributed by atoms with van der Waals surface area (Å²) in [6.45, 7) is 0. The number of carbonyl (C=O) groups excluding carboxylic acids is 4. The first-order valence-electron chi connectivity index (χ1n) is 15.6. The van der Waals surface area contributed by atoms with E-state index in [1.54, 1.807) is 79.1 Å². The van der Waals surface area contributed by atoms with E-state index in [-0.39, 0.29) is 34.5 Å². The van der Waals surface area contributed by atoms with Gasteiger partial charge in [0.25, 0.3) is 17.7 Å². The van der Waals surface area contributed by atoms with Crippen molar-refractivity contribution in [1.29, 1.82) is 0 Å². The third-order valence-electron chi connectivity index (χ3n) is 7.46. The molecule has 0 aliphatic carbocycles. The third-order valence-corrected chi connectivity index (χ3v) is 7.46. The summed E-state index contributed by atoms with van der Waals surface area (Å²) in [5.74, 6) is -1.15. The van der Waals surface area contributed by atoms with Gasteiger partial charge in [0.05, 0.1) is 23.9 Å². The number of methoxy groups -OCH3 is 1. The number of rotatable bonds is 10. The number of nitrogens with one attached hydrogen (secondary N) is 5. The molecular weight excluding hydrogens is 682 g/mol. The van der Waals surface area contributed by atoms with Gasteiger partial charge in [0, 0.05) is 41.6 Å². The second-order valence-corrected chi connectivity index (χ2v) is 11.0. The summed E-state index contributed by atoms with van der Waals surface area (Å²) in [5.41, 5.74) is 3.33. The molecule has 0 aliphatic rings. The molecule has 0 spiro atoms. The maximum absolute atomic E-state index is 13.1. The number of amides is 3. The van der Waals surface area contributed by atoms with Crippen molar-refractivity contribution in [2.75, 3.05) is 23.1 Å². The fourth-order valence-corrected chi connectivity index (χ4v) is 4.83. The van der Waals surface area contributed by atoms with Crippen LogP contribution in [-0.2, 0) is 4.74 Å². The lowest BCUT2D eigenvalue weighted by atomic mass is 10.1. The molecule has 0 saturated heterocycles. The van der Waals surface area contributed by atoms with E-state index in [4.69, 9.17) is 0 Å². The topological polar surface area (TPSA) is 248 Å². The molecule has 0 saturated carbocycles. The molecule has 0 fully saturated rings. The predicted octanol–water partition coefficient (Wildman–Crippen LogP) is 4.05. The van der Waals surface area contributed by atoms with Gasteiger partial charge in [-0.1, -0.05) is 12.1 Å². The summed E-state index contributed by atoms with van der Waals surface area (Å²) >= 11 is 0. The van der Waals surface area contributed by atoms with Crippen LogP contribution < -0.4 is 16.0 Å². The van der Waals surface area contributed by atoms with Gasteiger partial charge in [-0.2, -0.15) is 0 Å². The number of esters is 1. The largest absolute Gasteiger partial charge is 0.465 e. The van der Waals surface area contributed by atoms with Crippen LogP contribution in [-0.4, -0.2) is 81.1 Å². The van der Waals surface area contributed by atoms with Crippen molar-refractivity contribution < 1.29 is 23.9 Å². The van der Waals surface area contributed by atoms with Gasteiger partial charge in [0.1, 0.15) is 17.1 Å². The van der Waals surface area contributed by atoms with Crippen LogP contribution in [0.2, 0.25) is 0 Å². The molecular formula is C35H25N13O5. The summed E-state index contributed by atoms with van der Waals surface area (Å²) in [7, 11) is 1.23. The molecule has 3 amide bonds. The summed E-state index contributed by atoms with van der Waals surface area (Å²) in [5, 5.41) is 23.9. The molecule has 1 aromatic carbocycles. The number of ether oxygens (including phenoxy) is 1. The number of anilines is 3. The van der Waals surface area contributed by atoms with E-state index in [0.29, 0.717) is 39.7 Å². The fourth-order valence-electron chi connectivity index (χ4n) is 4.83. The zero-order valence-electron chi connectivity index (χ0n) is 27.4. The minimum atomic E-state index is -0.624. The molecule has 7 rings (SSSR count). The Hall–Kier alpha value is -8.02. The lowest BCUT2D eigenvalue weighted by Crippen LogP contribution is -2.15. The van der Waals surface area contributed by atoms with Crippen LogP contribution in [0.5, 0.6) is 0 Å². The smallest absolute Gasteiger partial charge is 0.339 e. The van der Waals surface area contributed by atoms with Gasteiger partial charge in [0.2, 0.25) is 11.9 Å². The maximum Gasteiger partial charge on any atom is 0.339 e. The van der Waals surface area contributed by atoms with E-state index in [1.165, 1.54) is 25.6 Å². The van der Waals surface area contributed by atoms with Crippen molar-refractivity contribution in [3.05, 3.63) is 126 Å². The van der Waals surface area contributed by atoms with Crippen molar-refractivity contribution in [1.82, 2.24) is 50.3 Å². The Bertz CT molecular complexity index is 2450. The molecule has 0 aliphatic heterocycles. The van der Waals surface area contributed by atoms with E-state index in [1.807, 2.05) is 6.07 Å². The highest BCUT2D eigenvalue weighted by Gasteiger charge is 2.16. The number of pyridine rings is 4. The molecule has 6 heterocycles. The zero-order valence-corrected chi connectivity index (χ0v) is 27.4. The Morgan fingerprint density at radius 2 is 1.28 bits per heavy atom. The standard InChI is InChI=1S/C35H25N13O5/c1-53-33(52)22-15-21(16-36-17-22)31(50)44-35-42-29(46-48-35)26-13-10-20(18-38-26)24-6-4-7-27(40-24)32(51)39-23-11-8-19(9-12-23)30(49)43-34-41-28(45-47-34)25-5-2-3-14-37-25/h2-18H,1H3,(H,39,51)(H2,41,43,45,47,49)(H2,42,44,46,48,50). The molecule has 0 radical (unpaired) electrons. The van der Waals surface area contributed by atoms with Gasteiger partial charge < -0.3 is 20.0 Å². The van der Waals surface area contributed by atoms with Crippen LogP contribution in [0.4, 0.5) is 17.6 Å². The van der Waals surface area contributed by atoms with E-state index >= 15 is 0 Å². The summed E-state index contributed by atoms with van der Waals surface area (Å²) in [6.07, 6.45) is 5.78. The second kappa shape index (κ2) is 14.8. The molecule has 0 unspecified atom stereocenters. The van der Waals surface area contributed by atoms with Gasteiger partial charge in [-0.3, -0.25) is 40.0 Å². The first kappa shape index (κ1) is 33.5.